The average molecular weight is 494 g/mol. The van der Waals surface area contributed by atoms with Crippen LogP contribution in [-0.2, 0) is 19.0 Å². The van der Waals surface area contributed by atoms with E-state index in [0.717, 1.165) is 36.0 Å². The third-order valence-corrected chi connectivity index (χ3v) is 7.14. The van der Waals surface area contributed by atoms with Gasteiger partial charge in [-0.15, -0.1) is 0 Å². The Morgan fingerprint density at radius 1 is 0.778 bits per heavy atom. The molecule has 4 nitrogen and oxygen atoms in total. The molecule has 0 aromatic rings. The molecule has 2 saturated carbocycles. The highest BCUT2D eigenvalue weighted by Crippen LogP contribution is 2.28. The van der Waals surface area contributed by atoms with Crippen molar-refractivity contribution in [2.75, 3.05) is 19.8 Å². The molecule has 2 aliphatic rings. The summed E-state index contributed by atoms with van der Waals surface area (Å²) in [7, 11) is 0. The second-order valence-electron chi connectivity index (χ2n) is 8.17. The van der Waals surface area contributed by atoms with Gasteiger partial charge < -0.3 is 14.2 Å². The number of rotatable bonds is 12. The topological polar surface area (TPSA) is 44.8 Å². The van der Waals surface area contributed by atoms with Gasteiger partial charge >= 0.3 is 5.97 Å². The highest BCUT2D eigenvalue weighted by Gasteiger charge is 2.27. The van der Waals surface area contributed by atoms with Gasteiger partial charge in [0.2, 0.25) is 0 Å². The van der Waals surface area contributed by atoms with E-state index < -0.39 is 0 Å². The Kier molecular flexibility index (Phi) is 12.3. The Morgan fingerprint density at radius 2 is 1.33 bits per heavy atom. The van der Waals surface area contributed by atoms with Crippen molar-refractivity contribution >= 4 is 28.6 Å². The molecule has 0 unspecified atom stereocenters. The van der Waals surface area contributed by atoms with Crippen molar-refractivity contribution in [2.24, 2.45) is 5.92 Å². The molecule has 0 radical (unpaired) electrons. The summed E-state index contributed by atoms with van der Waals surface area (Å²) in [5.41, 5.74) is 0. The smallest absolute Gasteiger partial charge is 0.308 e. The molecule has 5 heteroatoms. The Hall–Kier alpha value is 0.120. The molecule has 2 fully saturated rings. The van der Waals surface area contributed by atoms with Crippen LogP contribution in [-0.4, -0.2) is 41.9 Å². The normalized spacial score (nSPS) is 28.8. The predicted octanol–water partition coefficient (Wildman–Crippen LogP) is 5.84. The van der Waals surface area contributed by atoms with Crippen molar-refractivity contribution in [3.05, 3.63) is 0 Å². The van der Waals surface area contributed by atoms with Crippen LogP contribution in [0.2, 0.25) is 0 Å². The van der Waals surface area contributed by atoms with Crippen molar-refractivity contribution in [2.45, 2.75) is 107 Å². The molecule has 0 amide bonds. The number of alkyl halides is 1. The van der Waals surface area contributed by atoms with Crippen LogP contribution < -0.4 is 0 Å². The lowest BCUT2D eigenvalue weighted by Gasteiger charge is -2.28. The molecule has 2 rings (SSSR count). The van der Waals surface area contributed by atoms with Crippen LogP contribution in [0.5, 0.6) is 0 Å². The van der Waals surface area contributed by atoms with E-state index in [0.29, 0.717) is 25.9 Å². The first-order chi connectivity index (χ1) is 13.2. The molecule has 0 N–H and O–H groups in total. The Morgan fingerprint density at radius 3 is 1.93 bits per heavy atom. The minimum Gasteiger partial charge on any atom is -0.465 e. The standard InChI is InChI=1S/C22H39IO4/c1-2-3-4-5-6-15-27-22(24)18-7-11-20(12-8-18)25-16-17-26-21-13-9-19(23)10-14-21/h18-21H,2-17H2,1H3. The van der Waals surface area contributed by atoms with Crippen LogP contribution in [0.25, 0.3) is 0 Å². The third kappa shape index (κ3) is 9.93. The zero-order chi connectivity index (χ0) is 19.3. The summed E-state index contributed by atoms with van der Waals surface area (Å²) in [4.78, 5) is 12.2. The summed E-state index contributed by atoms with van der Waals surface area (Å²) >= 11 is 2.55. The lowest BCUT2D eigenvalue weighted by Crippen LogP contribution is -2.29. The summed E-state index contributed by atoms with van der Waals surface area (Å²) in [6.45, 7) is 4.19. The number of hydrogen-bond donors (Lipinski definition) is 0. The van der Waals surface area contributed by atoms with E-state index in [4.69, 9.17) is 14.2 Å². The highest BCUT2D eigenvalue weighted by molar-refractivity contribution is 14.1. The van der Waals surface area contributed by atoms with Gasteiger partial charge in [-0.05, 0) is 57.8 Å². The molecular weight excluding hydrogens is 455 g/mol. The fourth-order valence-electron chi connectivity index (χ4n) is 4.08. The molecule has 0 aromatic carbocycles. The summed E-state index contributed by atoms with van der Waals surface area (Å²) in [5, 5.41) is 0. The van der Waals surface area contributed by atoms with E-state index in [1.54, 1.807) is 0 Å². The average Bonchev–Trinajstić information content (AvgIpc) is 2.69. The van der Waals surface area contributed by atoms with Crippen molar-refractivity contribution < 1.29 is 19.0 Å². The number of hydrogen-bond acceptors (Lipinski definition) is 4. The van der Waals surface area contributed by atoms with Crippen LogP contribution in [0.15, 0.2) is 0 Å². The second kappa shape index (κ2) is 14.2. The molecule has 2 aliphatic carbocycles. The van der Waals surface area contributed by atoms with Gasteiger partial charge in [-0.2, -0.15) is 0 Å². The van der Waals surface area contributed by atoms with Crippen molar-refractivity contribution in [3.8, 4) is 0 Å². The molecule has 0 saturated heterocycles. The summed E-state index contributed by atoms with van der Waals surface area (Å²) in [6, 6.07) is 0. The van der Waals surface area contributed by atoms with E-state index >= 15 is 0 Å². The van der Waals surface area contributed by atoms with Crippen molar-refractivity contribution in [1.82, 2.24) is 0 Å². The Bertz CT molecular complexity index is 388. The second-order valence-corrected chi connectivity index (χ2v) is 9.93. The number of esters is 1. The predicted molar refractivity (Wildman–Crippen MR) is 117 cm³/mol. The first-order valence-electron chi connectivity index (χ1n) is 11.2. The van der Waals surface area contributed by atoms with Gasteiger partial charge in [0, 0.05) is 3.92 Å². The fourth-order valence-corrected chi connectivity index (χ4v) is 4.80. The molecule has 0 heterocycles. The van der Waals surface area contributed by atoms with Gasteiger partial charge in [0.15, 0.2) is 0 Å². The van der Waals surface area contributed by atoms with Crippen LogP contribution in [0, 0.1) is 5.92 Å². The van der Waals surface area contributed by atoms with Crippen LogP contribution in [0.1, 0.15) is 90.4 Å². The zero-order valence-corrected chi connectivity index (χ0v) is 19.3. The zero-order valence-electron chi connectivity index (χ0n) is 17.1. The number of carbonyl (C=O) groups excluding carboxylic acids is 1. The van der Waals surface area contributed by atoms with E-state index in [9.17, 15) is 4.79 Å². The summed E-state index contributed by atoms with van der Waals surface area (Å²) in [5.74, 6) is 0.0957. The molecule has 0 aromatic heterocycles. The molecule has 0 spiro atoms. The lowest BCUT2D eigenvalue weighted by atomic mass is 9.87. The van der Waals surface area contributed by atoms with Crippen molar-refractivity contribution in [3.63, 3.8) is 0 Å². The number of halogens is 1. The maximum Gasteiger partial charge on any atom is 0.308 e. The first-order valence-corrected chi connectivity index (χ1v) is 12.5. The summed E-state index contributed by atoms with van der Waals surface area (Å²) < 4.78 is 18.2. The first kappa shape index (κ1) is 23.4. The van der Waals surface area contributed by atoms with E-state index in [2.05, 4.69) is 29.5 Å². The molecule has 0 atom stereocenters. The molecular formula is C22H39IO4. The third-order valence-electron chi connectivity index (χ3n) is 5.89. The number of ether oxygens (including phenoxy) is 3. The lowest BCUT2D eigenvalue weighted by molar-refractivity contribution is -0.151. The van der Waals surface area contributed by atoms with Crippen molar-refractivity contribution in [1.29, 1.82) is 0 Å². The van der Waals surface area contributed by atoms with E-state index in [1.165, 1.54) is 51.4 Å². The summed E-state index contributed by atoms with van der Waals surface area (Å²) in [6.07, 6.45) is 15.4. The van der Waals surface area contributed by atoms with E-state index in [1.807, 2.05) is 0 Å². The molecule has 27 heavy (non-hydrogen) atoms. The Balaban J connectivity index is 1.45. The van der Waals surface area contributed by atoms with Gasteiger partial charge in [-0.25, -0.2) is 0 Å². The van der Waals surface area contributed by atoms with Gasteiger partial charge in [0.1, 0.15) is 0 Å². The Labute approximate surface area is 179 Å². The molecule has 158 valence electrons. The van der Waals surface area contributed by atoms with Crippen LogP contribution in [0.3, 0.4) is 0 Å². The monoisotopic (exact) mass is 494 g/mol. The van der Waals surface area contributed by atoms with Gasteiger partial charge in [-0.3, -0.25) is 4.79 Å². The maximum absolute atomic E-state index is 12.2. The quantitative estimate of drug-likeness (QED) is 0.148. The maximum atomic E-state index is 12.2. The molecule has 0 aliphatic heterocycles. The highest BCUT2D eigenvalue weighted by atomic mass is 127. The molecule has 0 bridgehead atoms. The fraction of sp³-hybridized carbons (Fsp3) is 0.955. The van der Waals surface area contributed by atoms with Gasteiger partial charge in [0.05, 0.1) is 37.9 Å². The minimum absolute atomic E-state index is 0.0122. The largest absolute Gasteiger partial charge is 0.465 e. The van der Waals surface area contributed by atoms with Crippen LogP contribution in [0.4, 0.5) is 0 Å². The minimum atomic E-state index is 0.0122. The number of unbranched alkanes of at least 4 members (excludes halogenated alkanes) is 4. The SMILES string of the molecule is CCCCCCCOC(=O)C1CCC(OCCOC2CCC(I)CC2)CC1. The van der Waals surface area contributed by atoms with E-state index in [-0.39, 0.29) is 18.0 Å². The van der Waals surface area contributed by atoms with Gasteiger partial charge in [-0.1, -0.05) is 55.2 Å². The van der Waals surface area contributed by atoms with Crippen LogP contribution >= 0.6 is 22.6 Å². The number of carbonyl (C=O) groups is 1. The van der Waals surface area contributed by atoms with Gasteiger partial charge in [0.25, 0.3) is 0 Å².